The molecule has 0 atom stereocenters. The minimum atomic E-state index is -0.247. The molecule has 0 saturated heterocycles. The second kappa shape index (κ2) is 7.00. The summed E-state index contributed by atoms with van der Waals surface area (Å²) in [7, 11) is 3.11. The van der Waals surface area contributed by atoms with Gasteiger partial charge in [-0.2, -0.15) is 0 Å². The summed E-state index contributed by atoms with van der Waals surface area (Å²) in [5, 5.41) is 3.34. The number of anilines is 1. The number of halogens is 2. The molecule has 0 bridgehead atoms. The second-order valence-corrected chi connectivity index (χ2v) is 5.75. The summed E-state index contributed by atoms with van der Waals surface area (Å²) < 4.78 is 11.2. The Balaban J connectivity index is 2.24. The molecule has 2 aromatic carbocycles. The van der Waals surface area contributed by atoms with E-state index >= 15 is 0 Å². The average Bonchev–Trinajstić information content (AvgIpc) is 2.49. The summed E-state index contributed by atoms with van der Waals surface area (Å²) in [6.45, 7) is 0. The van der Waals surface area contributed by atoms with Crippen LogP contribution in [0.4, 0.5) is 5.69 Å². The lowest BCUT2D eigenvalue weighted by atomic mass is 10.2. The van der Waals surface area contributed by atoms with Gasteiger partial charge in [0, 0.05) is 33.0 Å². The minimum Gasteiger partial charge on any atom is -0.497 e. The molecule has 0 fully saturated rings. The molecule has 2 aromatic rings. The van der Waals surface area contributed by atoms with Crippen LogP contribution in [0.25, 0.3) is 0 Å². The summed E-state index contributed by atoms with van der Waals surface area (Å²) in [6.07, 6.45) is 0. The molecule has 0 aliphatic rings. The molecule has 2 rings (SSSR count). The van der Waals surface area contributed by atoms with Crippen molar-refractivity contribution >= 4 is 45.8 Å². The maximum absolute atomic E-state index is 12.2. The summed E-state index contributed by atoms with van der Waals surface area (Å²) >= 11 is 8.14. The highest BCUT2D eigenvalue weighted by molar-refractivity contribution is 14.1. The summed E-state index contributed by atoms with van der Waals surface area (Å²) in [5.41, 5.74) is 1.08. The van der Waals surface area contributed by atoms with E-state index in [1.165, 1.54) is 0 Å². The van der Waals surface area contributed by atoms with Crippen molar-refractivity contribution in [3.8, 4) is 11.5 Å². The van der Waals surface area contributed by atoms with Crippen molar-refractivity contribution < 1.29 is 14.3 Å². The Morgan fingerprint density at radius 2 is 1.71 bits per heavy atom. The first kappa shape index (κ1) is 15.9. The van der Waals surface area contributed by atoms with Gasteiger partial charge in [0.1, 0.15) is 11.5 Å². The highest BCUT2D eigenvalue weighted by Crippen LogP contribution is 2.26. The van der Waals surface area contributed by atoms with E-state index in [0.29, 0.717) is 27.8 Å². The van der Waals surface area contributed by atoms with E-state index in [-0.39, 0.29) is 5.91 Å². The molecular formula is C15H13ClINO3. The predicted molar refractivity (Wildman–Crippen MR) is 91.7 cm³/mol. The van der Waals surface area contributed by atoms with Gasteiger partial charge in [-0.1, -0.05) is 11.6 Å². The Kier molecular flexibility index (Phi) is 5.30. The summed E-state index contributed by atoms with van der Waals surface area (Å²) in [4.78, 5) is 12.2. The number of methoxy groups -OCH3 is 2. The third-order valence-corrected chi connectivity index (χ3v) is 4.36. The van der Waals surface area contributed by atoms with E-state index in [1.807, 2.05) is 0 Å². The summed E-state index contributed by atoms with van der Waals surface area (Å²) in [6, 6.07) is 10.3. The van der Waals surface area contributed by atoms with Crippen LogP contribution >= 0.6 is 34.2 Å². The van der Waals surface area contributed by atoms with Crippen molar-refractivity contribution in [1.29, 1.82) is 0 Å². The maximum atomic E-state index is 12.2. The van der Waals surface area contributed by atoms with Crippen LogP contribution in [0.3, 0.4) is 0 Å². The molecule has 0 saturated carbocycles. The third-order valence-electron chi connectivity index (χ3n) is 2.79. The molecule has 6 heteroatoms. The van der Waals surface area contributed by atoms with Crippen LogP contribution in [0.1, 0.15) is 10.4 Å². The zero-order chi connectivity index (χ0) is 15.4. The number of hydrogen-bond donors (Lipinski definition) is 1. The van der Waals surface area contributed by atoms with Crippen LogP contribution in [-0.2, 0) is 0 Å². The number of carbonyl (C=O) groups excluding carboxylic acids is 1. The molecule has 0 aliphatic carbocycles. The van der Waals surface area contributed by atoms with E-state index in [2.05, 4.69) is 27.9 Å². The Hall–Kier alpha value is -1.47. The van der Waals surface area contributed by atoms with Crippen molar-refractivity contribution in [2.45, 2.75) is 0 Å². The Morgan fingerprint density at radius 3 is 2.24 bits per heavy atom. The molecule has 1 amide bonds. The van der Waals surface area contributed by atoms with E-state index < -0.39 is 0 Å². The number of benzene rings is 2. The Labute approximate surface area is 141 Å². The van der Waals surface area contributed by atoms with Gasteiger partial charge in [0.25, 0.3) is 5.91 Å². The number of hydrogen-bond acceptors (Lipinski definition) is 3. The molecule has 0 heterocycles. The van der Waals surface area contributed by atoms with Gasteiger partial charge in [-0.15, -0.1) is 0 Å². The van der Waals surface area contributed by atoms with E-state index in [0.717, 1.165) is 3.57 Å². The van der Waals surface area contributed by atoms with Crippen LogP contribution in [0, 0.1) is 3.57 Å². The number of carbonyl (C=O) groups is 1. The largest absolute Gasteiger partial charge is 0.497 e. The van der Waals surface area contributed by atoms with Crippen molar-refractivity contribution in [2.75, 3.05) is 19.5 Å². The number of ether oxygens (including phenoxy) is 2. The zero-order valence-electron chi connectivity index (χ0n) is 11.4. The lowest BCUT2D eigenvalue weighted by Crippen LogP contribution is -2.12. The minimum absolute atomic E-state index is 0.247. The van der Waals surface area contributed by atoms with Crippen molar-refractivity contribution in [3.05, 3.63) is 50.6 Å². The topological polar surface area (TPSA) is 47.6 Å². The normalized spacial score (nSPS) is 10.1. The van der Waals surface area contributed by atoms with Gasteiger partial charge in [0.05, 0.1) is 19.2 Å². The first-order chi connectivity index (χ1) is 10.0. The molecular weight excluding hydrogens is 405 g/mol. The van der Waals surface area contributed by atoms with Gasteiger partial charge in [-0.3, -0.25) is 4.79 Å². The fourth-order valence-electron chi connectivity index (χ4n) is 1.72. The van der Waals surface area contributed by atoms with Gasteiger partial charge in [0.2, 0.25) is 0 Å². The van der Waals surface area contributed by atoms with Gasteiger partial charge < -0.3 is 14.8 Å². The van der Waals surface area contributed by atoms with Gasteiger partial charge in [-0.25, -0.2) is 0 Å². The SMILES string of the molecule is COc1cc(NC(=O)c2ccc(I)c(Cl)c2)cc(OC)c1. The van der Waals surface area contributed by atoms with Crippen molar-refractivity contribution in [1.82, 2.24) is 0 Å². The fourth-order valence-corrected chi connectivity index (χ4v) is 2.24. The molecule has 0 aliphatic heterocycles. The lowest BCUT2D eigenvalue weighted by Gasteiger charge is -2.10. The quantitative estimate of drug-likeness (QED) is 0.758. The average molecular weight is 418 g/mol. The van der Waals surface area contributed by atoms with E-state index in [4.69, 9.17) is 21.1 Å². The number of amides is 1. The van der Waals surface area contributed by atoms with Gasteiger partial charge in [0.15, 0.2) is 0 Å². The highest BCUT2D eigenvalue weighted by atomic mass is 127. The van der Waals surface area contributed by atoms with Gasteiger partial charge >= 0.3 is 0 Å². The smallest absolute Gasteiger partial charge is 0.255 e. The van der Waals surface area contributed by atoms with E-state index in [9.17, 15) is 4.79 Å². The standard InChI is InChI=1S/C15H13ClINO3/c1-20-11-6-10(7-12(8-11)21-2)18-15(19)9-3-4-14(17)13(16)5-9/h3-8H,1-2H3,(H,18,19). The molecule has 4 nitrogen and oxygen atoms in total. The van der Waals surface area contributed by atoms with Crippen LogP contribution in [0.15, 0.2) is 36.4 Å². The monoisotopic (exact) mass is 417 g/mol. The highest BCUT2D eigenvalue weighted by Gasteiger charge is 2.10. The third kappa shape index (κ3) is 4.01. The van der Waals surface area contributed by atoms with Crippen LogP contribution < -0.4 is 14.8 Å². The molecule has 0 spiro atoms. The first-order valence-corrected chi connectivity index (χ1v) is 7.48. The van der Waals surface area contributed by atoms with Crippen LogP contribution in [0.5, 0.6) is 11.5 Å². The Bertz CT molecular complexity index is 654. The summed E-state index contributed by atoms with van der Waals surface area (Å²) in [5.74, 6) is 0.958. The maximum Gasteiger partial charge on any atom is 0.255 e. The van der Waals surface area contributed by atoms with Crippen LogP contribution in [-0.4, -0.2) is 20.1 Å². The lowest BCUT2D eigenvalue weighted by molar-refractivity contribution is 0.102. The first-order valence-electron chi connectivity index (χ1n) is 6.03. The fraction of sp³-hybridized carbons (Fsp3) is 0.133. The molecule has 0 unspecified atom stereocenters. The van der Waals surface area contributed by atoms with Gasteiger partial charge in [-0.05, 0) is 40.8 Å². The zero-order valence-corrected chi connectivity index (χ0v) is 14.4. The van der Waals surface area contributed by atoms with Crippen LogP contribution in [0.2, 0.25) is 5.02 Å². The van der Waals surface area contributed by atoms with Crippen molar-refractivity contribution in [3.63, 3.8) is 0 Å². The number of nitrogens with one attached hydrogen (secondary N) is 1. The van der Waals surface area contributed by atoms with Crippen molar-refractivity contribution in [2.24, 2.45) is 0 Å². The second-order valence-electron chi connectivity index (χ2n) is 4.18. The molecule has 110 valence electrons. The molecule has 21 heavy (non-hydrogen) atoms. The Morgan fingerprint density at radius 1 is 1.10 bits per heavy atom. The number of rotatable bonds is 4. The molecule has 1 N–H and O–H groups in total. The molecule has 0 radical (unpaired) electrons. The van der Waals surface area contributed by atoms with E-state index in [1.54, 1.807) is 50.6 Å². The predicted octanol–water partition coefficient (Wildman–Crippen LogP) is 4.21. The molecule has 0 aromatic heterocycles.